The SMILES string of the molecule is CCNCc1cn(CCOC(F)(F)F)cn1. The molecule has 0 atom stereocenters. The highest BCUT2D eigenvalue weighted by Crippen LogP contribution is 2.15. The maximum Gasteiger partial charge on any atom is 0.522 e. The van der Waals surface area contributed by atoms with Gasteiger partial charge in [-0.25, -0.2) is 4.98 Å². The summed E-state index contributed by atoms with van der Waals surface area (Å²) in [5.74, 6) is 0. The summed E-state index contributed by atoms with van der Waals surface area (Å²) in [5.41, 5.74) is 0.800. The molecule has 1 aromatic rings. The van der Waals surface area contributed by atoms with E-state index in [-0.39, 0.29) is 6.54 Å². The quantitative estimate of drug-likeness (QED) is 0.815. The standard InChI is InChI=1S/C9H14F3N3O/c1-2-13-5-8-6-15(7-14-8)3-4-16-9(10,11)12/h6-7,13H,2-5H2,1H3. The first-order valence-electron chi connectivity index (χ1n) is 4.93. The van der Waals surface area contributed by atoms with E-state index in [1.165, 1.54) is 6.33 Å². The van der Waals surface area contributed by atoms with Gasteiger partial charge in [-0.05, 0) is 6.54 Å². The van der Waals surface area contributed by atoms with Crippen molar-refractivity contribution in [3.8, 4) is 0 Å². The molecule has 16 heavy (non-hydrogen) atoms. The molecule has 0 bridgehead atoms. The molecule has 0 aliphatic carbocycles. The molecule has 1 rings (SSSR count). The van der Waals surface area contributed by atoms with Crippen LogP contribution in [0.5, 0.6) is 0 Å². The van der Waals surface area contributed by atoms with E-state index in [2.05, 4.69) is 15.0 Å². The van der Waals surface area contributed by atoms with Gasteiger partial charge in [0.1, 0.15) is 0 Å². The summed E-state index contributed by atoms with van der Waals surface area (Å²) in [4.78, 5) is 4.03. The van der Waals surface area contributed by atoms with Gasteiger partial charge < -0.3 is 9.88 Å². The third kappa shape index (κ3) is 5.13. The lowest BCUT2D eigenvalue weighted by atomic mass is 10.4. The number of hydrogen-bond acceptors (Lipinski definition) is 3. The summed E-state index contributed by atoms with van der Waals surface area (Å²) in [6.45, 7) is 3.14. The zero-order valence-electron chi connectivity index (χ0n) is 8.92. The average Bonchev–Trinajstić information content (AvgIpc) is 2.61. The van der Waals surface area contributed by atoms with E-state index in [9.17, 15) is 13.2 Å². The van der Waals surface area contributed by atoms with Crippen LogP contribution >= 0.6 is 0 Å². The van der Waals surface area contributed by atoms with Gasteiger partial charge >= 0.3 is 6.36 Å². The van der Waals surface area contributed by atoms with Crippen LogP contribution in [0.4, 0.5) is 13.2 Å². The lowest BCUT2D eigenvalue weighted by Crippen LogP contribution is -2.17. The van der Waals surface area contributed by atoms with Crippen molar-refractivity contribution in [2.75, 3.05) is 13.2 Å². The Morgan fingerprint density at radius 2 is 2.25 bits per heavy atom. The minimum Gasteiger partial charge on any atom is -0.335 e. The summed E-state index contributed by atoms with van der Waals surface area (Å²) in [6.07, 6.45) is -1.37. The van der Waals surface area contributed by atoms with Crippen LogP contribution in [0.25, 0.3) is 0 Å². The van der Waals surface area contributed by atoms with Gasteiger partial charge in [-0.2, -0.15) is 0 Å². The molecule has 92 valence electrons. The van der Waals surface area contributed by atoms with Gasteiger partial charge in [0.15, 0.2) is 0 Å². The Hall–Kier alpha value is -1.08. The number of hydrogen-bond donors (Lipinski definition) is 1. The molecule has 7 heteroatoms. The van der Waals surface area contributed by atoms with E-state index >= 15 is 0 Å². The molecule has 0 spiro atoms. The van der Waals surface area contributed by atoms with Crippen molar-refractivity contribution < 1.29 is 17.9 Å². The number of rotatable bonds is 6. The Kier molecular flexibility index (Phi) is 4.75. The third-order valence-electron chi connectivity index (χ3n) is 1.86. The van der Waals surface area contributed by atoms with E-state index in [0.717, 1.165) is 12.2 Å². The first-order valence-corrected chi connectivity index (χ1v) is 4.93. The number of imidazole rings is 1. The molecule has 0 aliphatic rings. The third-order valence-corrected chi connectivity index (χ3v) is 1.86. The molecule has 0 amide bonds. The molecule has 0 saturated carbocycles. The second-order valence-corrected chi connectivity index (χ2v) is 3.18. The fourth-order valence-corrected chi connectivity index (χ4v) is 1.14. The predicted octanol–water partition coefficient (Wildman–Crippen LogP) is 1.53. The van der Waals surface area contributed by atoms with E-state index in [1.807, 2.05) is 6.92 Å². The van der Waals surface area contributed by atoms with Crippen molar-refractivity contribution in [2.24, 2.45) is 0 Å². The lowest BCUT2D eigenvalue weighted by Gasteiger charge is -2.07. The zero-order valence-corrected chi connectivity index (χ0v) is 8.92. The first-order chi connectivity index (χ1) is 7.51. The normalized spacial score (nSPS) is 12.0. The molecule has 0 aromatic carbocycles. The monoisotopic (exact) mass is 237 g/mol. The predicted molar refractivity (Wildman–Crippen MR) is 51.6 cm³/mol. The minimum absolute atomic E-state index is 0.138. The van der Waals surface area contributed by atoms with Gasteiger partial charge in [0.2, 0.25) is 0 Å². The van der Waals surface area contributed by atoms with E-state index in [1.54, 1.807) is 10.8 Å². The van der Waals surface area contributed by atoms with E-state index < -0.39 is 13.0 Å². The van der Waals surface area contributed by atoms with Crippen LogP contribution < -0.4 is 5.32 Å². The fraction of sp³-hybridized carbons (Fsp3) is 0.667. The van der Waals surface area contributed by atoms with Crippen LogP contribution in [0.3, 0.4) is 0 Å². The number of nitrogens with one attached hydrogen (secondary N) is 1. The smallest absolute Gasteiger partial charge is 0.335 e. The van der Waals surface area contributed by atoms with Gasteiger partial charge in [-0.15, -0.1) is 13.2 Å². The first kappa shape index (κ1) is 13.0. The van der Waals surface area contributed by atoms with Crippen molar-refractivity contribution in [2.45, 2.75) is 26.4 Å². The van der Waals surface area contributed by atoms with Gasteiger partial charge in [0.25, 0.3) is 0 Å². The summed E-state index contributed by atoms with van der Waals surface area (Å²) in [6, 6.07) is 0. The molecular formula is C9H14F3N3O. The Morgan fingerprint density at radius 3 is 2.88 bits per heavy atom. The second-order valence-electron chi connectivity index (χ2n) is 3.18. The fourth-order valence-electron chi connectivity index (χ4n) is 1.14. The molecular weight excluding hydrogens is 223 g/mol. The molecule has 0 unspecified atom stereocenters. The van der Waals surface area contributed by atoms with Crippen LogP contribution in [-0.4, -0.2) is 29.1 Å². The highest BCUT2D eigenvalue weighted by Gasteiger charge is 2.28. The molecule has 0 radical (unpaired) electrons. The molecule has 1 aromatic heterocycles. The lowest BCUT2D eigenvalue weighted by molar-refractivity contribution is -0.325. The van der Waals surface area contributed by atoms with Crippen molar-refractivity contribution in [1.82, 2.24) is 14.9 Å². The van der Waals surface area contributed by atoms with E-state index in [4.69, 9.17) is 0 Å². The van der Waals surface area contributed by atoms with Gasteiger partial charge in [0, 0.05) is 19.3 Å². The number of ether oxygens (including phenoxy) is 1. The maximum absolute atomic E-state index is 11.7. The summed E-state index contributed by atoms with van der Waals surface area (Å²) < 4.78 is 40.2. The Balaban J connectivity index is 2.29. The number of nitrogens with zero attached hydrogens (tertiary/aromatic N) is 2. The van der Waals surface area contributed by atoms with Crippen LogP contribution in [0.15, 0.2) is 12.5 Å². The van der Waals surface area contributed by atoms with E-state index in [0.29, 0.717) is 6.54 Å². The summed E-state index contributed by atoms with van der Waals surface area (Å²) >= 11 is 0. The molecule has 0 aliphatic heterocycles. The van der Waals surface area contributed by atoms with Crippen molar-refractivity contribution in [3.63, 3.8) is 0 Å². The zero-order chi connectivity index (χ0) is 12.0. The number of aromatic nitrogens is 2. The minimum atomic E-state index is -4.56. The second kappa shape index (κ2) is 5.86. The summed E-state index contributed by atoms with van der Waals surface area (Å²) in [7, 11) is 0. The topological polar surface area (TPSA) is 39.1 Å². The molecule has 1 heterocycles. The molecule has 4 nitrogen and oxygen atoms in total. The average molecular weight is 237 g/mol. The van der Waals surface area contributed by atoms with Crippen LogP contribution in [-0.2, 0) is 17.8 Å². The highest BCUT2D eigenvalue weighted by atomic mass is 19.4. The molecule has 1 N–H and O–H groups in total. The van der Waals surface area contributed by atoms with Gasteiger partial charge in [0.05, 0.1) is 18.6 Å². The largest absolute Gasteiger partial charge is 0.522 e. The number of alkyl halides is 3. The highest BCUT2D eigenvalue weighted by molar-refractivity contribution is 4.95. The van der Waals surface area contributed by atoms with Crippen LogP contribution in [0, 0.1) is 0 Å². The van der Waals surface area contributed by atoms with Crippen molar-refractivity contribution >= 4 is 0 Å². The molecule has 0 fully saturated rings. The number of halogens is 3. The van der Waals surface area contributed by atoms with Crippen LogP contribution in [0.2, 0.25) is 0 Å². The Morgan fingerprint density at radius 1 is 1.50 bits per heavy atom. The molecule has 0 saturated heterocycles. The van der Waals surface area contributed by atoms with Crippen molar-refractivity contribution in [3.05, 3.63) is 18.2 Å². The van der Waals surface area contributed by atoms with Crippen LogP contribution in [0.1, 0.15) is 12.6 Å². The summed E-state index contributed by atoms with van der Waals surface area (Å²) in [5, 5.41) is 3.07. The van der Waals surface area contributed by atoms with Crippen molar-refractivity contribution in [1.29, 1.82) is 0 Å². The Labute approximate surface area is 91.4 Å². The maximum atomic E-state index is 11.7. The Bertz CT molecular complexity index is 311. The van der Waals surface area contributed by atoms with Gasteiger partial charge in [-0.1, -0.05) is 6.92 Å². The van der Waals surface area contributed by atoms with Gasteiger partial charge in [-0.3, -0.25) is 4.74 Å².